The first-order valence-electron chi connectivity index (χ1n) is 5.84. The minimum atomic E-state index is -3.13. The van der Waals surface area contributed by atoms with Crippen molar-refractivity contribution in [3.05, 3.63) is 11.3 Å². The van der Waals surface area contributed by atoms with Crippen LogP contribution in [0, 0.1) is 0 Å². The van der Waals surface area contributed by atoms with E-state index in [0.29, 0.717) is 31.7 Å². The lowest BCUT2D eigenvalue weighted by Gasteiger charge is -2.25. The lowest BCUT2D eigenvalue weighted by Crippen LogP contribution is -2.37. The zero-order valence-corrected chi connectivity index (χ0v) is 10.8. The quantitative estimate of drug-likeness (QED) is 0.821. The third kappa shape index (κ3) is 2.44. The van der Waals surface area contributed by atoms with Gasteiger partial charge in [0.25, 0.3) is 0 Å². The van der Waals surface area contributed by atoms with Gasteiger partial charge in [-0.2, -0.15) is 9.40 Å². The molecule has 7 heteroatoms. The number of rotatable bonds is 4. The number of hydrogen-bond donors (Lipinski definition) is 2. The molecule has 0 fully saturated rings. The Balaban J connectivity index is 2.12. The molecule has 6 nitrogen and oxygen atoms in total. The van der Waals surface area contributed by atoms with Gasteiger partial charge in [0.1, 0.15) is 5.82 Å². The molecule has 0 aliphatic carbocycles. The van der Waals surface area contributed by atoms with Gasteiger partial charge in [0.05, 0.1) is 18.0 Å². The van der Waals surface area contributed by atoms with Gasteiger partial charge < -0.3 is 5.73 Å². The molecule has 1 aliphatic rings. The van der Waals surface area contributed by atoms with Crippen molar-refractivity contribution in [2.24, 2.45) is 0 Å². The highest BCUT2D eigenvalue weighted by atomic mass is 32.2. The lowest BCUT2D eigenvalue weighted by atomic mass is 10.1. The Morgan fingerprint density at radius 1 is 1.53 bits per heavy atom. The van der Waals surface area contributed by atoms with Gasteiger partial charge in [-0.1, -0.05) is 13.3 Å². The second-order valence-corrected chi connectivity index (χ2v) is 6.41. The van der Waals surface area contributed by atoms with Crippen LogP contribution >= 0.6 is 0 Å². The number of fused-ring (bicyclic) bond motifs is 1. The molecular weight excluding hydrogens is 240 g/mol. The number of nitrogen functional groups attached to an aromatic ring is 1. The topological polar surface area (TPSA) is 92.1 Å². The summed E-state index contributed by atoms with van der Waals surface area (Å²) in [6.45, 7) is 2.85. The van der Waals surface area contributed by atoms with Crippen LogP contribution in [0.2, 0.25) is 0 Å². The van der Waals surface area contributed by atoms with E-state index in [2.05, 4.69) is 10.2 Å². The Kier molecular flexibility index (Phi) is 3.39. The molecule has 2 heterocycles. The predicted molar refractivity (Wildman–Crippen MR) is 65.8 cm³/mol. The van der Waals surface area contributed by atoms with Crippen LogP contribution < -0.4 is 5.73 Å². The number of H-pyrrole nitrogens is 1. The summed E-state index contributed by atoms with van der Waals surface area (Å²) in [7, 11) is -3.13. The number of hydrogen-bond acceptors (Lipinski definition) is 4. The second kappa shape index (κ2) is 4.66. The Morgan fingerprint density at radius 3 is 3.00 bits per heavy atom. The van der Waals surface area contributed by atoms with Crippen LogP contribution in [0.5, 0.6) is 0 Å². The molecule has 0 unspecified atom stereocenters. The Morgan fingerprint density at radius 2 is 2.29 bits per heavy atom. The fourth-order valence-corrected chi connectivity index (χ4v) is 3.62. The fourth-order valence-electron chi connectivity index (χ4n) is 2.01. The van der Waals surface area contributed by atoms with E-state index in [1.807, 2.05) is 6.92 Å². The summed E-state index contributed by atoms with van der Waals surface area (Å²) in [5.41, 5.74) is 7.48. The van der Waals surface area contributed by atoms with Crippen molar-refractivity contribution in [3.63, 3.8) is 0 Å². The third-order valence-electron chi connectivity index (χ3n) is 3.08. The van der Waals surface area contributed by atoms with Gasteiger partial charge in [-0.15, -0.1) is 0 Å². The Bertz CT molecular complexity index is 494. The van der Waals surface area contributed by atoms with Crippen molar-refractivity contribution in [2.75, 3.05) is 18.0 Å². The highest BCUT2D eigenvalue weighted by molar-refractivity contribution is 7.89. The smallest absolute Gasteiger partial charge is 0.214 e. The van der Waals surface area contributed by atoms with E-state index in [4.69, 9.17) is 5.73 Å². The van der Waals surface area contributed by atoms with Crippen LogP contribution in [0.25, 0.3) is 0 Å². The van der Waals surface area contributed by atoms with Gasteiger partial charge in [-0.25, -0.2) is 8.42 Å². The maximum atomic E-state index is 12.0. The first-order valence-corrected chi connectivity index (χ1v) is 7.45. The Labute approximate surface area is 101 Å². The zero-order valence-electron chi connectivity index (χ0n) is 9.94. The summed E-state index contributed by atoms with van der Waals surface area (Å²) >= 11 is 0. The molecule has 0 saturated carbocycles. The van der Waals surface area contributed by atoms with Crippen LogP contribution in [0.3, 0.4) is 0 Å². The van der Waals surface area contributed by atoms with Crippen molar-refractivity contribution in [2.45, 2.75) is 32.7 Å². The molecule has 96 valence electrons. The number of sulfonamides is 1. The molecule has 0 atom stereocenters. The number of nitrogens with one attached hydrogen (secondary N) is 1. The van der Waals surface area contributed by atoms with Crippen LogP contribution in [0.1, 0.15) is 31.0 Å². The minimum absolute atomic E-state index is 0.225. The molecule has 1 aromatic rings. The van der Waals surface area contributed by atoms with E-state index in [1.54, 1.807) is 0 Å². The normalized spacial score (nSPS) is 17.0. The maximum Gasteiger partial charge on any atom is 0.214 e. The zero-order chi connectivity index (χ0) is 12.5. The summed E-state index contributed by atoms with van der Waals surface area (Å²) < 4.78 is 25.6. The summed E-state index contributed by atoms with van der Waals surface area (Å²) in [6, 6.07) is 0. The van der Waals surface area contributed by atoms with Crippen LogP contribution in [-0.4, -0.2) is 35.2 Å². The van der Waals surface area contributed by atoms with Gasteiger partial charge in [-0.05, 0) is 12.8 Å². The number of anilines is 1. The molecule has 0 aromatic carbocycles. The molecule has 1 aromatic heterocycles. The minimum Gasteiger partial charge on any atom is -0.382 e. The van der Waals surface area contributed by atoms with Crippen LogP contribution in [0.15, 0.2) is 0 Å². The molecule has 1 aliphatic heterocycles. The van der Waals surface area contributed by atoms with Gasteiger partial charge in [0.2, 0.25) is 10.0 Å². The van der Waals surface area contributed by atoms with E-state index in [1.165, 1.54) is 4.31 Å². The standard InChI is InChI=1S/C10H18N4O2S/c1-2-3-6-17(15,16)14-5-4-8-9(7-14)12-13-10(8)11/h2-7H2,1H3,(H3,11,12,13). The Hall–Kier alpha value is -1.08. The number of nitrogens with zero attached hydrogens (tertiary/aromatic N) is 2. The summed E-state index contributed by atoms with van der Waals surface area (Å²) in [4.78, 5) is 0. The first kappa shape index (κ1) is 12.4. The van der Waals surface area contributed by atoms with Gasteiger partial charge in [-0.3, -0.25) is 5.10 Å². The van der Waals surface area contributed by atoms with Crippen molar-refractivity contribution in [3.8, 4) is 0 Å². The average molecular weight is 258 g/mol. The first-order chi connectivity index (χ1) is 8.04. The average Bonchev–Trinajstić information content (AvgIpc) is 2.68. The lowest BCUT2D eigenvalue weighted by molar-refractivity contribution is 0.386. The SMILES string of the molecule is CCCCS(=O)(=O)N1CCc2c(N)n[nH]c2C1. The molecule has 0 radical (unpaired) electrons. The largest absolute Gasteiger partial charge is 0.382 e. The number of aromatic nitrogens is 2. The van der Waals surface area contributed by atoms with Crippen LogP contribution in [0.4, 0.5) is 5.82 Å². The summed E-state index contributed by atoms with van der Waals surface area (Å²) in [6.07, 6.45) is 2.23. The van der Waals surface area contributed by atoms with E-state index in [-0.39, 0.29) is 5.75 Å². The number of unbranched alkanes of at least 4 members (excludes halogenated alkanes) is 1. The van der Waals surface area contributed by atoms with Crippen molar-refractivity contribution < 1.29 is 8.42 Å². The second-order valence-electron chi connectivity index (χ2n) is 4.32. The van der Waals surface area contributed by atoms with E-state index < -0.39 is 10.0 Å². The van der Waals surface area contributed by atoms with Crippen LogP contribution in [-0.2, 0) is 23.0 Å². The monoisotopic (exact) mass is 258 g/mol. The molecule has 0 amide bonds. The van der Waals surface area contributed by atoms with Crippen molar-refractivity contribution in [1.29, 1.82) is 0 Å². The molecule has 0 saturated heterocycles. The molecule has 0 bridgehead atoms. The summed E-state index contributed by atoms with van der Waals surface area (Å²) in [5.74, 6) is 0.716. The number of nitrogens with two attached hydrogens (primary N) is 1. The predicted octanol–water partition coefficient (Wildman–Crippen LogP) is 0.480. The third-order valence-corrected chi connectivity index (χ3v) is 4.98. The van der Waals surface area contributed by atoms with E-state index in [9.17, 15) is 8.42 Å². The van der Waals surface area contributed by atoms with Crippen molar-refractivity contribution >= 4 is 15.8 Å². The van der Waals surface area contributed by atoms with Gasteiger partial charge in [0.15, 0.2) is 0 Å². The van der Waals surface area contributed by atoms with E-state index >= 15 is 0 Å². The fraction of sp³-hybridized carbons (Fsp3) is 0.700. The maximum absolute atomic E-state index is 12.0. The highest BCUT2D eigenvalue weighted by Crippen LogP contribution is 2.23. The molecule has 2 rings (SSSR count). The highest BCUT2D eigenvalue weighted by Gasteiger charge is 2.28. The molecule has 17 heavy (non-hydrogen) atoms. The van der Waals surface area contributed by atoms with Crippen molar-refractivity contribution in [1.82, 2.24) is 14.5 Å². The molecule has 0 spiro atoms. The molecule has 3 N–H and O–H groups in total. The summed E-state index contributed by atoms with van der Waals surface area (Å²) in [5, 5.41) is 6.71. The number of aromatic amines is 1. The molecular formula is C10H18N4O2S. The van der Waals surface area contributed by atoms with E-state index in [0.717, 1.165) is 17.7 Å². The van der Waals surface area contributed by atoms with Gasteiger partial charge in [0, 0.05) is 12.1 Å². The van der Waals surface area contributed by atoms with Gasteiger partial charge >= 0.3 is 0 Å².